The minimum Gasteiger partial charge on any atom is -0.388 e. The number of hydrogen-bond donors (Lipinski definition) is 3. The van der Waals surface area contributed by atoms with Crippen LogP contribution >= 0.6 is 0 Å². The van der Waals surface area contributed by atoms with E-state index in [9.17, 15) is 0 Å². The summed E-state index contributed by atoms with van der Waals surface area (Å²) in [4.78, 5) is 0. The van der Waals surface area contributed by atoms with Gasteiger partial charge in [0.15, 0.2) is 0 Å². The quantitative estimate of drug-likeness (QED) is 0.628. The maximum Gasteiger partial charge on any atom is 0.0429 e. The van der Waals surface area contributed by atoms with Gasteiger partial charge in [0.2, 0.25) is 0 Å². The zero-order chi connectivity index (χ0) is 10.7. The molecule has 0 bridgehead atoms. The maximum atomic E-state index is 7.61. The van der Waals surface area contributed by atoms with Gasteiger partial charge in [-0.25, -0.2) is 0 Å². The Kier molecular flexibility index (Phi) is 3.02. The molecule has 0 aliphatic carbocycles. The van der Waals surface area contributed by atoms with Crippen LogP contribution in [0, 0.1) is 10.8 Å². The zero-order valence-corrected chi connectivity index (χ0v) is 8.73. The summed E-state index contributed by atoms with van der Waals surface area (Å²) >= 11 is 0. The fraction of sp³-hybridized carbons (Fsp3) is 0.273. The number of anilines is 1. The second kappa shape index (κ2) is 4.05. The van der Waals surface area contributed by atoms with Crippen molar-refractivity contribution in [3.05, 3.63) is 29.3 Å². The summed E-state index contributed by atoms with van der Waals surface area (Å²) in [6, 6.07) is 5.66. The molecular weight excluding hydrogens is 174 g/mol. The van der Waals surface area contributed by atoms with E-state index in [2.05, 4.69) is 5.32 Å². The van der Waals surface area contributed by atoms with Crippen LogP contribution in [0.25, 0.3) is 0 Å². The standard InChI is InChI=1S/C11H15N3/c1-7(12)9-4-5-11(14-3)10(6-9)8(2)13/h4-6,12-14H,1-3H3. The van der Waals surface area contributed by atoms with Crippen LogP contribution in [-0.2, 0) is 0 Å². The molecule has 0 aromatic heterocycles. The van der Waals surface area contributed by atoms with Crippen molar-refractivity contribution in [2.45, 2.75) is 13.8 Å². The molecule has 3 N–H and O–H groups in total. The highest BCUT2D eigenvalue weighted by Crippen LogP contribution is 2.17. The van der Waals surface area contributed by atoms with Gasteiger partial charge in [-0.2, -0.15) is 0 Å². The van der Waals surface area contributed by atoms with Gasteiger partial charge in [0.1, 0.15) is 0 Å². The van der Waals surface area contributed by atoms with Crippen molar-refractivity contribution >= 4 is 17.1 Å². The summed E-state index contributed by atoms with van der Waals surface area (Å²) in [5.74, 6) is 0. The molecular formula is C11H15N3. The summed E-state index contributed by atoms with van der Waals surface area (Å²) in [5, 5.41) is 18.1. The highest BCUT2D eigenvalue weighted by molar-refractivity contribution is 6.05. The van der Waals surface area contributed by atoms with Crippen molar-refractivity contribution in [2.24, 2.45) is 0 Å². The minimum absolute atomic E-state index is 0.512. The molecule has 0 spiro atoms. The summed E-state index contributed by atoms with van der Waals surface area (Å²) in [6.45, 7) is 3.50. The maximum absolute atomic E-state index is 7.61. The Morgan fingerprint density at radius 1 is 1.14 bits per heavy atom. The van der Waals surface area contributed by atoms with E-state index < -0.39 is 0 Å². The number of hydrogen-bond acceptors (Lipinski definition) is 3. The highest BCUT2D eigenvalue weighted by Gasteiger charge is 2.05. The molecule has 3 nitrogen and oxygen atoms in total. The molecule has 0 aliphatic heterocycles. The second-order valence-corrected chi connectivity index (χ2v) is 3.26. The molecule has 1 rings (SSSR count). The summed E-state index contributed by atoms with van der Waals surface area (Å²) in [6.07, 6.45) is 0. The summed E-state index contributed by atoms with van der Waals surface area (Å²) in [7, 11) is 1.83. The molecule has 0 atom stereocenters. The van der Waals surface area contributed by atoms with Gasteiger partial charge in [-0.3, -0.25) is 0 Å². The second-order valence-electron chi connectivity index (χ2n) is 3.26. The Morgan fingerprint density at radius 2 is 1.79 bits per heavy atom. The van der Waals surface area contributed by atoms with Gasteiger partial charge in [-0.1, -0.05) is 6.07 Å². The van der Waals surface area contributed by atoms with Crippen LogP contribution in [0.4, 0.5) is 5.69 Å². The number of nitrogens with one attached hydrogen (secondary N) is 3. The SMILES string of the molecule is CNc1ccc(C(C)=N)cc1C(C)=N. The van der Waals surface area contributed by atoms with Gasteiger partial charge in [0.25, 0.3) is 0 Å². The van der Waals surface area contributed by atoms with Gasteiger partial charge >= 0.3 is 0 Å². The Morgan fingerprint density at radius 3 is 2.21 bits per heavy atom. The Labute approximate surface area is 84.2 Å². The van der Waals surface area contributed by atoms with E-state index in [0.29, 0.717) is 11.4 Å². The molecule has 0 fully saturated rings. The molecule has 0 aliphatic rings. The number of rotatable bonds is 3. The largest absolute Gasteiger partial charge is 0.388 e. The highest BCUT2D eigenvalue weighted by atomic mass is 14.8. The van der Waals surface area contributed by atoms with Crippen molar-refractivity contribution in [2.75, 3.05) is 12.4 Å². The van der Waals surface area contributed by atoms with Crippen LogP contribution < -0.4 is 5.32 Å². The lowest BCUT2D eigenvalue weighted by atomic mass is 10.0. The first-order valence-electron chi connectivity index (χ1n) is 4.49. The Bertz CT molecular complexity index is 380. The topological polar surface area (TPSA) is 59.7 Å². The fourth-order valence-corrected chi connectivity index (χ4v) is 1.31. The molecule has 0 saturated carbocycles. The van der Waals surface area contributed by atoms with Crippen LogP contribution in [0.5, 0.6) is 0 Å². The summed E-state index contributed by atoms with van der Waals surface area (Å²) < 4.78 is 0. The van der Waals surface area contributed by atoms with Gasteiger partial charge in [0, 0.05) is 29.7 Å². The average molecular weight is 189 g/mol. The van der Waals surface area contributed by atoms with Crippen molar-refractivity contribution in [3.63, 3.8) is 0 Å². The van der Waals surface area contributed by atoms with Crippen LogP contribution in [0.15, 0.2) is 18.2 Å². The molecule has 0 heterocycles. The monoisotopic (exact) mass is 189 g/mol. The lowest BCUT2D eigenvalue weighted by molar-refractivity contribution is 1.40. The third kappa shape index (κ3) is 1.99. The fourth-order valence-electron chi connectivity index (χ4n) is 1.31. The molecule has 0 radical (unpaired) electrons. The third-order valence-electron chi connectivity index (χ3n) is 2.13. The van der Waals surface area contributed by atoms with Crippen molar-refractivity contribution in [3.8, 4) is 0 Å². The van der Waals surface area contributed by atoms with Gasteiger partial charge < -0.3 is 16.1 Å². The zero-order valence-electron chi connectivity index (χ0n) is 8.73. The van der Waals surface area contributed by atoms with Gasteiger partial charge in [-0.05, 0) is 31.5 Å². The van der Waals surface area contributed by atoms with Crippen LogP contribution in [-0.4, -0.2) is 18.5 Å². The predicted molar refractivity (Wildman–Crippen MR) is 61.0 cm³/mol. The van der Waals surface area contributed by atoms with Crippen LogP contribution in [0.1, 0.15) is 25.0 Å². The molecule has 74 valence electrons. The molecule has 14 heavy (non-hydrogen) atoms. The normalized spacial score (nSPS) is 9.64. The van der Waals surface area contributed by atoms with Gasteiger partial charge in [-0.15, -0.1) is 0 Å². The van der Waals surface area contributed by atoms with Crippen LogP contribution in [0.2, 0.25) is 0 Å². The molecule has 1 aromatic rings. The van der Waals surface area contributed by atoms with E-state index >= 15 is 0 Å². The van der Waals surface area contributed by atoms with E-state index in [-0.39, 0.29) is 0 Å². The molecule has 0 amide bonds. The summed E-state index contributed by atoms with van der Waals surface area (Å²) in [5.41, 5.74) is 3.69. The Balaban J connectivity index is 3.27. The first-order chi connectivity index (χ1) is 6.56. The van der Waals surface area contributed by atoms with E-state index in [1.165, 1.54) is 0 Å². The smallest absolute Gasteiger partial charge is 0.0429 e. The Hall–Kier alpha value is -1.64. The lowest BCUT2D eigenvalue weighted by Crippen LogP contribution is -2.03. The first-order valence-corrected chi connectivity index (χ1v) is 4.49. The molecule has 0 saturated heterocycles. The van der Waals surface area contributed by atoms with E-state index in [4.69, 9.17) is 10.8 Å². The van der Waals surface area contributed by atoms with E-state index in [1.807, 2.05) is 25.2 Å². The van der Waals surface area contributed by atoms with E-state index in [1.54, 1.807) is 13.8 Å². The number of benzene rings is 1. The van der Waals surface area contributed by atoms with Gasteiger partial charge in [0.05, 0.1) is 0 Å². The molecule has 3 heteroatoms. The van der Waals surface area contributed by atoms with Crippen molar-refractivity contribution in [1.82, 2.24) is 0 Å². The predicted octanol–water partition coefficient (Wildman–Crippen LogP) is 2.50. The van der Waals surface area contributed by atoms with Crippen molar-refractivity contribution in [1.29, 1.82) is 10.8 Å². The third-order valence-corrected chi connectivity index (χ3v) is 2.13. The molecule has 0 unspecified atom stereocenters. The van der Waals surface area contributed by atoms with Crippen LogP contribution in [0.3, 0.4) is 0 Å². The van der Waals surface area contributed by atoms with E-state index in [0.717, 1.165) is 16.8 Å². The van der Waals surface area contributed by atoms with Crippen molar-refractivity contribution < 1.29 is 0 Å². The lowest BCUT2D eigenvalue weighted by Gasteiger charge is -2.09. The average Bonchev–Trinajstić information content (AvgIpc) is 2.16. The first kappa shape index (κ1) is 10.4. The minimum atomic E-state index is 0.512. The molecule has 1 aromatic carbocycles.